The van der Waals surface area contributed by atoms with Gasteiger partial charge in [0.25, 0.3) is 6.43 Å². The number of alkyl halides is 3. The monoisotopic (exact) mass is 540 g/mol. The number of halogens is 3. The molecular formula is C24H27F3N4O3S2. The Labute approximate surface area is 212 Å². The number of hydrogen-bond acceptors (Lipinski definition) is 7. The summed E-state index contributed by atoms with van der Waals surface area (Å²) in [6, 6.07) is 9.09. The van der Waals surface area contributed by atoms with E-state index in [0.717, 1.165) is 17.0 Å². The molecule has 2 N–H and O–H groups in total. The molecule has 3 unspecified atom stereocenters. The van der Waals surface area contributed by atoms with Gasteiger partial charge in [0.1, 0.15) is 6.17 Å². The largest absolute Gasteiger partial charge is 0.369 e. The van der Waals surface area contributed by atoms with E-state index in [1.165, 1.54) is 6.92 Å². The Morgan fingerprint density at radius 1 is 1.25 bits per heavy atom. The average molecular weight is 541 g/mol. The highest BCUT2D eigenvalue weighted by Gasteiger charge is 2.54. The van der Waals surface area contributed by atoms with Crippen molar-refractivity contribution in [3.8, 4) is 16.5 Å². The lowest BCUT2D eigenvalue weighted by molar-refractivity contribution is -0.135. The van der Waals surface area contributed by atoms with Crippen molar-refractivity contribution in [2.24, 2.45) is 17.1 Å². The van der Waals surface area contributed by atoms with Gasteiger partial charge in [-0.05, 0) is 43.9 Å². The fourth-order valence-electron chi connectivity index (χ4n) is 5.36. The lowest BCUT2D eigenvalue weighted by Gasteiger charge is -2.44. The van der Waals surface area contributed by atoms with Gasteiger partial charge in [0.2, 0.25) is 5.91 Å². The maximum Gasteiger partial charge on any atom is 0.289 e. The predicted molar refractivity (Wildman–Crippen MR) is 131 cm³/mol. The minimum Gasteiger partial charge on any atom is -0.369 e. The van der Waals surface area contributed by atoms with Crippen molar-refractivity contribution in [3.05, 3.63) is 35.0 Å². The second-order valence-corrected chi connectivity index (χ2v) is 12.8. The summed E-state index contributed by atoms with van der Waals surface area (Å²) < 4.78 is 65.5. The highest BCUT2D eigenvalue weighted by atomic mass is 32.2. The molecule has 36 heavy (non-hydrogen) atoms. The lowest BCUT2D eigenvalue weighted by atomic mass is 9.58. The van der Waals surface area contributed by atoms with Crippen molar-refractivity contribution in [2.75, 3.05) is 29.5 Å². The zero-order valence-electron chi connectivity index (χ0n) is 19.7. The number of carbonyl (C=O) groups is 1. The zero-order valence-corrected chi connectivity index (χ0v) is 21.3. The smallest absolute Gasteiger partial charge is 0.289 e. The molecule has 1 saturated heterocycles. The van der Waals surface area contributed by atoms with Crippen LogP contribution in [0.4, 0.5) is 18.9 Å². The average Bonchev–Trinajstić information content (AvgIpc) is 3.29. The van der Waals surface area contributed by atoms with Crippen LogP contribution < -0.4 is 10.6 Å². The number of rotatable bonds is 6. The van der Waals surface area contributed by atoms with Crippen LogP contribution in [0.25, 0.3) is 10.4 Å². The van der Waals surface area contributed by atoms with Gasteiger partial charge >= 0.3 is 0 Å². The first kappa shape index (κ1) is 26.4. The Kier molecular flexibility index (Phi) is 7.35. The van der Waals surface area contributed by atoms with Crippen molar-refractivity contribution < 1.29 is 26.4 Å². The second kappa shape index (κ2) is 10.0. The summed E-state index contributed by atoms with van der Waals surface area (Å²) in [7, 11) is -3.04. The molecule has 1 amide bonds. The van der Waals surface area contributed by atoms with Crippen LogP contribution in [0.15, 0.2) is 24.3 Å². The maximum absolute atomic E-state index is 14.6. The number of anilines is 1. The minimum atomic E-state index is -3.04. The van der Waals surface area contributed by atoms with Crippen molar-refractivity contribution in [2.45, 2.75) is 44.7 Å². The van der Waals surface area contributed by atoms with Gasteiger partial charge in [-0.25, -0.2) is 26.6 Å². The van der Waals surface area contributed by atoms with Crippen LogP contribution >= 0.6 is 11.3 Å². The van der Waals surface area contributed by atoms with Crippen LogP contribution in [0.5, 0.6) is 0 Å². The third-order valence-electron chi connectivity index (χ3n) is 7.40. The molecule has 4 atom stereocenters. The number of hydrogen-bond donors (Lipinski definition) is 1. The van der Waals surface area contributed by atoms with Gasteiger partial charge < -0.3 is 10.6 Å². The molecule has 1 aromatic carbocycles. The Bertz CT molecular complexity index is 1260. The van der Waals surface area contributed by atoms with E-state index in [0.29, 0.717) is 23.5 Å². The highest BCUT2D eigenvalue weighted by molar-refractivity contribution is 7.91. The first-order chi connectivity index (χ1) is 17.0. The SMILES string of the molecule is C[C@H](C#N)C1(C(N)=O)CC(F)CCC1c1nc(C(F)F)sc1-c1ccc(N2CCS(=O)(=O)CC2)cc1. The molecule has 7 nitrogen and oxygen atoms in total. The number of amides is 1. The Morgan fingerprint density at radius 2 is 1.89 bits per heavy atom. The number of sulfone groups is 1. The van der Waals surface area contributed by atoms with E-state index in [9.17, 15) is 31.6 Å². The van der Waals surface area contributed by atoms with E-state index >= 15 is 0 Å². The summed E-state index contributed by atoms with van der Waals surface area (Å²) in [4.78, 5) is 19.3. The van der Waals surface area contributed by atoms with Crippen LogP contribution in [0.3, 0.4) is 0 Å². The molecule has 0 bridgehead atoms. The van der Waals surface area contributed by atoms with Gasteiger partial charge in [-0.1, -0.05) is 12.1 Å². The first-order valence-corrected chi connectivity index (χ1v) is 14.3. The Balaban J connectivity index is 1.76. The molecule has 194 valence electrons. The number of primary amides is 1. The van der Waals surface area contributed by atoms with Crippen molar-refractivity contribution in [1.82, 2.24) is 4.98 Å². The van der Waals surface area contributed by atoms with E-state index in [1.807, 2.05) is 11.0 Å². The lowest BCUT2D eigenvalue weighted by Crippen LogP contribution is -2.50. The number of aromatic nitrogens is 1. The van der Waals surface area contributed by atoms with E-state index in [1.54, 1.807) is 24.3 Å². The van der Waals surface area contributed by atoms with E-state index in [-0.39, 0.29) is 36.5 Å². The quantitative estimate of drug-likeness (QED) is 0.586. The first-order valence-electron chi connectivity index (χ1n) is 11.7. The van der Waals surface area contributed by atoms with Crippen molar-refractivity contribution in [1.29, 1.82) is 5.26 Å². The van der Waals surface area contributed by atoms with Crippen molar-refractivity contribution in [3.63, 3.8) is 0 Å². The predicted octanol–water partition coefficient (Wildman–Crippen LogP) is 4.22. The van der Waals surface area contributed by atoms with E-state index in [2.05, 4.69) is 4.98 Å². The number of thiazole rings is 1. The standard InChI is InChI=1S/C24H27F3N4O3S2/c1-14(13-28)24(23(29)32)12-16(25)4-7-18(24)19-20(35-22(30-19)21(26)27)15-2-5-17(6-3-15)31-8-10-36(33,34)11-9-31/h2-3,5-6,14,16,18,21H,4,7-12H2,1H3,(H2,29,32)/t14-,16?,18?,24?/m1/s1. The molecule has 2 heterocycles. The summed E-state index contributed by atoms with van der Waals surface area (Å²) in [5.74, 6) is -2.44. The molecule has 12 heteroatoms. The molecular weight excluding hydrogens is 513 g/mol. The molecule has 4 rings (SSSR count). The minimum absolute atomic E-state index is 0.0645. The summed E-state index contributed by atoms with van der Waals surface area (Å²) in [5, 5.41) is 9.24. The topological polar surface area (TPSA) is 117 Å². The number of nitrogens with two attached hydrogens (primary N) is 1. The summed E-state index contributed by atoms with van der Waals surface area (Å²) in [6.45, 7) is 2.23. The molecule has 0 radical (unpaired) electrons. The zero-order chi connectivity index (χ0) is 26.3. The van der Waals surface area contributed by atoms with Gasteiger partial charge in [0, 0.05) is 24.7 Å². The van der Waals surface area contributed by atoms with Gasteiger partial charge in [0.05, 0.1) is 39.5 Å². The Morgan fingerprint density at radius 3 is 2.44 bits per heavy atom. The molecule has 2 aromatic rings. The maximum atomic E-state index is 14.6. The molecule has 2 aliphatic rings. The number of nitriles is 1. The van der Waals surface area contributed by atoms with Crippen molar-refractivity contribution >= 4 is 32.8 Å². The number of nitrogens with zero attached hydrogens (tertiary/aromatic N) is 3. The highest BCUT2D eigenvalue weighted by Crippen LogP contribution is 2.55. The van der Waals surface area contributed by atoms with Gasteiger partial charge in [-0.3, -0.25) is 4.79 Å². The van der Waals surface area contributed by atoms with Gasteiger partial charge in [0.15, 0.2) is 14.8 Å². The fourth-order valence-corrected chi connectivity index (χ4v) is 7.55. The summed E-state index contributed by atoms with van der Waals surface area (Å²) in [5.41, 5.74) is 5.82. The fraction of sp³-hybridized carbons (Fsp3) is 0.542. The molecule has 0 spiro atoms. The van der Waals surface area contributed by atoms with Crippen LogP contribution in [-0.2, 0) is 14.6 Å². The van der Waals surface area contributed by atoms with Crippen LogP contribution in [0.1, 0.15) is 49.2 Å². The number of carbonyl (C=O) groups excluding carboxylic acids is 1. The third-order valence-corrected chi connectivity index (χ3v) is 10.1. The van der Waals surface area contributed by atoms with Gasteiger partial charge in [-0.15, -0.1) is 11.3 Å². The number of benzene rings is 1. The van der Waals surface area contributed by atoms with Crippen LogP contribution in [0, 0.1) is 22.7 Å². The second-order valence-electron chi connectivity index (χ2n) is 9.44. The van der Waals surface area contributed by atoms with E-state index < -0.39 is 50.6 Å². The summed E-state index contributed by atoms with van der Waals surface area (Å²) >= 11 is 0.805. The third kappa shape index (κ3) is 4.83. The molecule has 1 aliphatic carbocycles. The van der Waals surface area contributed by atoms with E-state index in [4.69, 9.17) is 5.73 Å². The van der Waals surface area contributed by atoms with Gasteiger partial charge in [-0.2, -0.15) is 5.26 Å². The summed E-state index contributed by atoms with van der Waals surface area (Å²) in [6.07, 6.45) is -4.19. The normalized spacial score (nSPS) is 26.9. The molecule has 1 saturated carbocycles. The van der Waals surface area contributed by atoms with Crippen LogP contribution in [0.2, 0.25) is 0 Å². The Hall–Kier alpha value is -2.65. The molecule has 1 aromatic heterocycles. The van der Waals surface area contributed by atoms with Crippen LogP contribution in [-0.4, -0.2) is 50.1 Å². The molecule has 1 aliphatic heterocycles. The molecule has 2 fully saturated rings.